The molecule has 2 atom stereocenters. The summed E-state index contributed by atoms with van der Waals surface area (Å²) in [5.74, 6) is 0.618. The summed E-state index contributed by atoms with van der Waals surface area (Å²) in [5.41, 5.74) is 0.107. The van der Waals surface area contributed by atoms with Crippen LogP contribution in [0.1, 0.15) is 38.7 Å². The van der Waals surface area contributed by atoms with E-state index in [4.69, 9.17) is 6.57 Å². The molecule has 2 saturated carbocycles. The van der Waals surface area contributed by atoms with Gasteiger partial charge in [-0.05, 0) is 43.7 Å². The molecule has 0 bridgehead atoms. The van der Waals surface area contributed by atoms with Gasteiger partial charge in [0, 0.05) is 13.1 Å². The van der Waals surface area contributed by atoms with E-state index in [0.717, 1.165) is 17.7 Å². The maximum atomic E-state index is 13.8. The van der Waals surface area contributed by atoms with Gasteiger partial charge in [-0.2, -0.15) is 0 Å². The van der Waals surface area contributed by atoms with Gasteiger partial charge in [-0.3, -0.25) is 9.59 Å². The van der Waals surface area contributed by atoms with Crippen molar-refractivity contribution in [2.45, 2.75) is 44.6 Å². The molecular formula is C22H24N2O2. The number of Topliss-reactive ketones (excluding diaryl/α,β-unsaturated/α-hetero) is 1. The van der Waals surface area contributed by atoms with Crippen LogP contribution >= 0.6 is 0 Å². The molecule has 0 radical (unpaired) electrons. The molecule has 0 aromatic heterocycles. The largest absolute Gasteiger partial charge is 0.338 e. The Bertz CT molecular complexity index is 829. The van der Waals surface area contributed by atoms with Gasteiger partial charge in [-0.25, -0.2) is 6.57 Å². The molecule has 26 heavy (non-hydrogen) atoms. The summed E-state index contributed by atoms with van der Waals surface area (Å²) >= 11 is 0. The molecule has 4 nitrogen and oxygen atoms in total. The van der Waals surface area contributed by atoms with Crippen molar-refractivity contribution in [3.8, 4) is 0 Å². The number of amides is 1. The zero-order chi connectivity index (χ0) is 18.5. The highest BCUT2D eigenvalue weighted by Gasteiger charge is 2.62. The Morgan fingerprint density at radius 3 is 2.50 bits per heavy atom. The fourth-order valence-electron chi connectivity index (χ4n) is 4.75. The molecule has 0 N–H and O–H groups in total. The standard InChI is InChI=1S/C22H24N2O2/c1-21(2)18-11-12-24(14-15-9-10-15)20(26)22(18,13-17(23-3)19(21)25)16-7-5-4-6-8-16/h4-8,11,15,17H,9-10,12-14H2,1-2H3/t17?,22-/m0/s1. The van der Waals surface area contributed by atoms with E-state index in [9.17, 15) is 9.59 Å². The second-order valence-corrected chi connectivity index (χ2v) is 8.38. The van der Waals surface area contributed by atoms with Crippen LogP contribution in [-0.4, -0.2) is 35.7 Å². The Hall–Kier alpha value is -2.41. The molecule has 1 unspecified atom stereocenters. The van der Waals surface area contributed by atoms with Crippen LogP contribution in [0.5, 0.6) is 0 Å². The first kappa shape index (κ1) is 17.0. The monoisotopic (exact) mass is 348 g/mol. The number of carbonyl (C=O) groups excluding carboxylic acids is 2. The normalized spacial score (nSPS) is 30.4. The predicted molar refractivity (Wildman–Crippen MR) is 99.3 cm³/mol. The fraction of sp³-hybridized carbons (Fsp3) is 0.500. The van der Waals surface area contributed by atoms with Crippen LogP contribution in [0.3, 0.4) is 0 Å². The second kappa shape index (κ2) is 5.81. The third-order valence-electron chi connectivity index (χ3n) is 6.32. The molecular weight excluding hydrogens is 324 g/mol. The zero-order valence-corrected chi connectivity index (χ0v) is 15.4. The summed E-state index contributed by atoms with van der Waals surface area (Å²) in [6, 6.07) is 8.98. The average Bonchev–Trinajstić information content (AvgIpc) is 3.46. The van der Waals surface area contributed by atoms with Gasteiger partial charge in [0.1, 0.15) is 5.41 Å². The van der Waals surface area contributed by atoms with E-state index in [-0.39, 0.29) is 18.1 Å². The smallest absolute Gasteiger partial charge is 0.283 e. The lowest BCUT2D eigenvalue weighted by atomic mass is 9.53. The lowest BCUT2D eigenvalue weighted by Gasteiger charge is -2.50. The molecule has 3 aliphatic rings. The summed E-state index contributed by atoms with van der Waals surface area (Å²) < 4.78 is 0. The molecule has 1 aromatic rings. The predicted octanol–water partition coefficient (Wildman–Crippen LogP) is 3.39. The van der Waals surface area contributed by atoms with Gasteiger partial charge in [-0.1, -0.05) is 36.4 Å². The second-order valence-electron chi connectivity index (χ2n) is 8.38. The maximum absolute atomic E-state index is 13.8. The van der Waals surface area contributed by atoms with Crippen LogP contribution in [0.15, 0.2) is 42.0 Å². The summed E-state index contributed by atoms with van der Waals surface area (Å²) in [6.45, 7) is 12.7. The average molecular weight is 348 g/mol. The van der Waals surface area contributed by atoms with Gasteiger partial charge in [0.2, 0.25) is 11.7 Å². The van der Waals surface area contributed by atoms with E-state index in [2.05, 4.69) is 10.9 Å². The first-order chi connectivity index (χ1) is 12.4. The lowest BCUT2D eigenvalue weighted by molar-refractivity contribution is -0.141. The zero-order valence-electron chi connectivity index (χ0n) is 15.4. The SMILES string of the molecule is [C-]#[N+]C1C[C@@]2(c3ccccc3)C(=O)N(CC3CC3)CC=C2C(C)(C)C1=O. The van der Waals surface area contributed by atoms with Gasteiger partial charge in [0.25, 0.3) is 6.04 Å². The third-order valence-corrected chi connectivity index (χ3v) is 6.32. The minimum atomic E-state index is -0.888. The van der Waals surface area contributed by atoms with E-state index in [1.165, 1.54) is 12.8 Å². The van der Waals surface area contributed by atoms with E-state index in [0.29, 0.717) is 12.5 Å². The van der Waals surface area contributed by atoms with Crippen molar-refractivity contribution >= 4 is 11.7 Å². The lowest BCUT2D eigenvalue weighted by Crippen LogP contribution is -2.61. The van der Waals surface area contributed by atoms with Crippen molar-refractivity contribution in [2.24, 2.45) is 11.3 Å². The van der Waals surface area contributed by atoms with Crippen LogP contribution in [0.4, 0.5) is 0 Å². The first-order valence-corrected chi connectivity index (χ1v) is 9.38. The fourth-order valence-corrected chi connectivity index (χ4v) is 4.75. The number of hydrogen-bond donors (Lipinski definition) is 0. The maximum Gasteiger partial charge on any atom is 0.283 e. The molecule has 1 heterocycles. The number of benzene rings is 1. The van der Waals surface area contributed by atoms with E-state index >= 15 is 0 Å². The van der Waals surface area contributed by atoms with Gasteiger partial charge >= 0.3 is 0 Å². The number of hydrogen-bond acceptors (Lipinski definition) is 2. The Morgan fingerprint density at radius 2 is 1.88 bits per heavy atom. The van der Waals surface area contributed by atoms with Crippen LogP contribution in [-0.2, 0) is 15.0 Å². The highest BCUT2D eigenvalue weighted by atomic mass is 16.2. The van der Waals surface area contributed by atoms with Crippen molar-refractivity contribution in [1.82, 2.24) is 4.90 Å². The van der Waals surface area contributed by atoms with Crippen molar-refractivity contribution in [3.63, 3.8) is 0 Å². The number of ketones is 1. The van der Waals surface area contributed by atoms with E-state index in [1.54, 1.807) is 0 Å². The first-order valence-electron chi connectivity index (χ1n) is 9.38. The number of nitrogens with zero attached hydrogens (tertiary/aromatic N) is 2. The van der Waals surface area contributed by atoms with Gasteiger partial charge in [0.05, 0.1) is 11.8 Å². The minimum Gasteiger partial charge on any atom is -0.338 e. The summed E-state index contributed by atoms with van der Waals surface area (Å²) in [7, 11) is 0. The molecule has 1 aromatic carbocycles. The van der Waals surface area contributed by atoms with Crippen molar-refractivity contribution < 1.29 is 9.59 Å². The van der Waals surface area contributed by atoms with Crippen molar-refractivity contribution in [2.75, 3.05) is 13.1 Å². The molecule has 1 aliphatic heterocycles. The van der Waals surface area contributed by atoms with Gasteiger partial charge < -0.3 is 9.74 Å². The summed E-state index contributed by atoms with van der Waals surface area (Å²) in [4.78, 5) is 32.2. The molecule has 4 heteroatoms. The van der Waals surface area contributed by atoms with Crippen LogP contribution in [0, 0.1) is 17.9 Å². The molecule has 0 spiro atoms. The molecule has 2 fully saturated rings. The topological polar surface area (TPSA) is 41.7 Å². The Balaban J connectivity index is 1.90. The Kier molecular flexibility index (Phi) is 3.80. The molecule has 2 aliphatic carbocycles. The van der Waals surface area contributed by atoms with Crippen LogP contribution in [0.25, 0.3) is 4.85 Å². The number of fused-ring (bicyclic) bond motifs is 1. The molecule has 134 valence electrons. The molecule has 0 saturated heterocycles. The third kappa shape index (κ3) is 2.34. The van der Waals surface area contributed by atoms with Crippen molar-refractivity contribution in [3.05, 3.63) is 59.0 Å². The van der Waals surface area contributed by atoms with Crippen molar-refractivity contribution in [1.29, 1.82) is 0 Å². The highest BCUT2D eigenvalue weighted by molar-refractivity contribution is 6.03. The van der Waals surface area contributed by atoms with Crippen LogP contribution in [0.2, 0.25) is 0 Å². The van der Waals surface area contributed by atoms with Gasteiger partial charge in [0.15, 0.2) is 0 Å². The van der Waals surface area contributed by atoms with E-state index < -0.39 is 16.9 Å². The number of rotatable bonds is 3. The Morgan fingerprint density at radius 1 is 1.19 bits per heavy atom. The van der Waals surface area contributed by atoms with Crippen LogP contribution < -0.4 is 0 Å². The molecule has 1 amide bonds. The van der Waals surface area contributed by atoms with E-state index in [1.807, 2.05) is 49.1 Å². The van der Waals surface area contributed by atoms with Gasteiger partial charge in [-0.15, -0.1) is 0 Å². The highest BCUT2D eigenvalue weighted by Crippen LogP contribution is 2.54. The summed E-state index contributed by atoms with van der Waals surface area (Å²) in [5, 5.41) is 0. The number of carbonyl (C=O) groups is 2. The summed E-state index contributed by atoms with van der Waals surface area (Å²) in [6.07, 6.45) is 4.73. The minimum absolute atomic E-state index is 0.0613. The quantitative estimate of drug-likeness (QED) is 0.621. The molecule has 4 rings (SSSR count). The Labute approximate surface area is 154 Å².